The molecule has 0 aliphatic heterocycles. The first-order chi connectivity index (χ1) is 12.7. The van der Waals surface area contributed by atoms with Crippen molar-refractivity contribution < 1.29 is 9.53 Å². The van der Waals surface area contributed by atoms with Crippen LogP contribution < -0.4 is 15.7 Å². The summed E-state index contributed by atoms with van der Waals surface area (Å²) in [6, 6.07) is 14.9. The third kappa shape index (κ3) is 3.49. The minimum atomic E-state index is -0.159. The summed E-state index contributed by atoms with van der Waals surface area (Å²) in [5.74, 6) is 0.450. The first-order valence-electron chi connectivity index (χ1n) is 8.76. The smallest absolute Gasteiger partial charge is 0.329 e. The Labute approximate surface area is 152 Å². The van der Waals surface area contributed by atoms with Crippen LogP contribution in [0, 0.1) is 0 Å². The Morgan fingerprint density at radius 3 is 2.27 bits per heavy atom. The van der Waals surface area contributed by atoms with Gasteiger partial charge in [-0.3, -0.25) is 13.9 Å². The standard InChI is InChI=1S/C20H23N3O3/c1-3-13-22-16-9-5-6-10-17(16)23(20(22)25)14-12-19(24)21-15-8-4-7-11-18(15)26-2/h4-11H,3,12-14H2,1-2H3,(H,21,24). The number of hydrogen-bond donors (Lipinski definition) is 1. The number of benzene rings is 2. The molecular weight excluding hydrogens is 330 g/mol. The van der Waals surface area contributed by atoms with Crippen LogP contribution in [-0.4, -0.2) is 22.2 Å². The van der Waals surface area contributed by atoms with Crippen LogP contribution in [0.5, 0.6) is 5.75 Å². The predicted molar refractivity (Wildman–Crippen MR) is 103 cm³/mol. The summed E-state index contributed by atoms with van der Waals surface area (Å²) in [5, 5.41) is 2.85. The average Bonchev–Trinajstić information content (AvgIpc) is 2.92. The number of aryl methyl sites for hydroxylation is 2. The first kappa shape index (κ1) is 17.8. The van der Waals surface area contributed by atoms with E-state index in [0.717, 1.165) is 17.5 Å². The summed E-state index contributed by atoms with van der Waals surface area (Å²) in [6.45, 7) is 3.04. The number of methoxy groups -OCH3 is 1. The van der Waals surface area contributed by atoms with Gasteiger partial charge in [-0.15, -0.1) is 0 Å². The number of hydrogen-bond acceptors (Lipinski definition) is 3. The Morgan fingerprint density at radius 2 is 1.62 bits per heavy atom. The fraction of sp³-hybridized carbons (Fsp3) is 0.300. The van der Waals surface area contributed by atoms with E-state index in [0.29, 0.717) is 24.5 Å². The number of nitrogens with zero attached hydrogens (tertiary/aromatic N) is 2. The van der Waals surface area contributed by atoms with E-state index in [1.165, 1.54) is 0 Å². The molecule has 1 aromatic heterocycles. The molecule has 0 aliphatic rings. The maximum atomic E-state index is 12.7. The summed E-state index contributed by atoms with van der Waals surface area (Å²) in [5.41, 5.74) is 2.32. The van der Waals surface area contributed by atoms with Crippen molar-refractivity contribution in [3.8, 4) is 5.75 Å². The van der Waals surface area contributed by atoms with Crippen LogP contribution in [0.4, 0.5) is 5.69 Å². The number of nitrogens with one attached hydrogen (secondary N) is 1. The summed E-state index contributed by atoms with van der Waals surface area (Å²) in [4.78, 5) is 25.1. The van der Waals surface area contributed by atoms with Gasteiger partial charge >= 0.3 is 5.69 Å². The Balaban J connectivity index is 1.78. The number of carbonyl (C=O) groups is 1. The van der Waals surface area contributed by atoms with Crippen molar-refractivity contribution in [3.05, 3.63) is 59.0 Å². The number of rotatable bonds is 7. The maximum absolute atomic E-state index is 12.7. The van der Waals surface area contributed by atoms with Crippen molar-refractivity contribution in [3.63, 3.8) is 0 Å². The van der Waals surface area contributed by atoms with Gasteiger partial charge in [0.1, 0.15) is 5.75 Å². The lowest BCUT2D eigenvalue weighted by Gasteiger charge is -2.10. The minimum absolute atomic E-state index is 0.0712. The van der Waals surface area contributed by atoms with Crippen molar-refractivity contribution in [2.75, 3.05) is 12.4 Å². The van der Waals surface area contributed by atoms with Gasteiger partial charge in [-0.05, 0) is 30.7 Å². The lowest BCUT2D eigenvalue weighted by atomic mass is 10.2. The topological polar surface area (TPSA) is 65.3 Å². The molecule has 1 N–H and O–H groups in total. The molecule has 0 saturated heterocycles. The third-order valence-electron chi connectivity index (χ3n) is 4.32. The van der Waals surface area contributed by atoms with Crippen LogP contribution in [-0.2, 0) is 17.9 Å². The fourth-order valence-electron chi connectivity index (χ4n) is 3.10. The van der Waals surface area contributed by atoms with Crippen molar-refractivity contribution in [1.29, 1.82) is 0 Å². The molecule has 0 aliphatic carbocycles. The van der Waals surface area contributed by atoms with Gasteiger partial charge in [0.25, 0.3) is 0 Å². The number of fused-ring (bicyclic) bond motifs is 1. The number of anilines is 1. The molecule has 3 aromatic rings. The van der Waals surface area contributed by atoms with Crippen LogP contribution in [0.1, 0.15) is 19.8 Å². The second-order valence-electron chi connectivity index (χ2n) is 6.07. The largest absolute Gasteiger partial charge is 0.495 e. The van der Waals surface area contributed by atoms with E-state index >= 15 is 0 Å². The summed E-state index contributed by atoms with van der Waals surface area (Å²) in [7, 11) is 1.56. The quantitative estimate of drug-likeness (QED) is 0.709. The van der Waals surface area contributed by atoms with Gasteiger partial charge in [0.15, 0.2) is 0 Å². The molecule has 1 amide bonds. The Morgan fingerprint density at radius 1 is 1.00 bits per heavy atom. The molecule has 0 atom stereocenters. The van der Waals surface area contributed by atoms with E-state index in [1.54, 1.807) is 28.4 Å². The SMILES string of the molecule is CCCn1c(=O)n(CCC(=O)Nc2ccccc2OC)c2ccccc21. The van der Waals surface area contributed by atoms with Gasteiger partial charge < -0.3 is 10.1 Å². The van der Waals surface area contributed by atoms with Gasteiger partial charge in [-0.1, -0.05) is 31.2 Å². The third-order valence-corrected chi connectivity index (χ3v) is 4.32. The molecule has 3 rings (SSSR count). The van der Waals surface area contributed by atoms with Crippen LogP contribution in [0.3, 0.4) is 0 Å². The number of amides is 1. The molecule has 1 heterocycles. The number of imidazole rings is 1. The predicted octanol–water partition coefficient (Wildman–Crippen LogP) is 3.25. The zero-order chi connectivity index (χ0) is 18.5. The second kappa shape index (κ2) is 7.91. The van der Waals surface area contributed by atoms with Crippen molar-refractivity contribution in [2.24, 2.45) is 0 Å². The number of carbonyl (C=O) groups excluding carboxylic acids is 1. The van der Waals surface area contributed by atoms with E-state index in [9.17, 15) is 9.59 Å². The normalized spacial score (nSPS) is 10.8. The summed E-state index contributed by atoms with van der Waals surface area (Å²) >= 11 is 0. The number of aromatic nitrogens is 2. The zero-order valence-corrected chi connectivity index (χ0v) is 15.1. The molecule has 0 radical (unpaired) electrons. The van der Waals surface area contributed by atoms with E-state index < -0.39 is 0 Å². The summed E-state index contributed by atoms with van der Waals surface area (Å²) < 4.78 is 8.69. The van der Waals surface area contributed by atoms with E-state index in [2.05, 4.69) is 5.32 Å². The highest BCUT2D eigenvalue weighted by Gasteiger charge is 2.14. The van der Waals surface area contributed by atoms with Crippen LogP contribution in [0.15, 0.2) is 53.3 Å². The molecule has 6 nitrogen and oxygen atoms in total. The monoisotopic (exact) mass is 353 g/mol. The van der Waals surface area contributed by atoms with Crippen molar-refractivity contribution in [2.45, 2.75) is 32.9 Å². The Bertz CT molecular complexity index is 972. The first-order valence-corrected chi connectivity index (χ1v) is 8.76. The van der Waals surface area contributed by atoms with Crippen LogP contribution in [0.2, 0.25) is 0 Å². The van der Waals surface area contributed by atoms with E-state index in [-0.39, 0.29) is 18.0 Å². The molecule has 6 heteroatoms. The van der Waals surface area contributed by atoms with E-state index in [4.69, 9.17) is 4.74 Å². The van der Waals surface area contributed by atoms with Gasteiger partial charge in [0, 0.05) is 19.5 Å². The second-order valence-corrected chi connectivity index (χ2v) is 6.07. The molecule has 2 aromatic carbocycles. The number of para-hydroxylation sites is 4. The molecule has 136 valence electrons. The van der Waals surface area contributed by atoms with Crippen LogP contribution in [0.25, 0.3) is 11.0 Å². The van der Waals surface area contributed by atoms with E-state index in [1.807, 2.05) is 43.3 Å². The highest BCUT2D eigenvalue weighted by molar-refractivity contribution is 5.92. The molecule has 0 bridgehead atoms. The maximum Gasteiger partial charge on any atom is 0.329 e. The Kier molecular flexibility index (Phi) is 5.41. The fourth-order valence-corrected chi connectivity index (χ4v) is 3.10. The van der Waals surface area contributed by atoms with Crippen LogP contribution >= 0.6 is 0 Å². The average molecular weight is 353 g/mol. The molecule has 26 heavy (non-hydrogen) atoms. The Hall–Kier alpha value is -3.02. The molecule has 0 spiro atoms. The highest BCUT2D eigenvalue weighted by atomic mass is 16.5. The van der Waals surface area contributed by atoms with Gasteiger partial charge in [0.05, 0.1) is 23.8 Å². The van der Waals surface area contributed by atoms with Gasteiger partial charge in [-0.25, -0.2) is 4.79 Å². The molecular formula is C20H23N3O3. The van der Waals surface area contributed by atoms with Gasteiger partial charge in [-0.2, -0.15) is 0 Å². The number of ether oxygens (including phenoxy) is 1. The summed E-state index contributed by atoms with van der Waals surface area (Å²) in [6.07, 6.45) is 1.08. The van der Waals surface area contributed by atoms with Crippen molar-refractivity contribution in [1.82, 2.24) is 9.13 Å². The molecule has 0 saturated carbocycles. The molecule has 0 fully saturated rings. The van der Waals surface area contributed by atoms with Gasteiger partial charge in [0.2, 0.25) is 5.91 Å². The van der Waals surface area contributed by atoms with Crippen molar-refractivity contribution >= 4 is 22.6 Å². The lowest BCUT2D eigenvalue weighted by Crippen LogP contribution is -2.26. The zero-order valence-electron chi connectivity index (χ0n) is 15.1. The highest BCUT2D eigenvalue weighted by Crippen LogP contribution is 2.23. The molecule has 0 unspecified atom stereocenters. The lowest BCUT2D eigenvalue weighted by molar-refractivity contribution is -0.116. The minimum Gasteiger partial charge on any atom is -0.495 e.